The molecule has 1 amide bonds. The summed E-state index contributed by atoms with van der Waals surface area (Å²) in [5.41, 5.74) is 1.56. The van der Waals surface area contributed by atoms with Crippen LogP contribution >= 0.6 is 0 Å². The third-order valence-corrected chi connectivity index (χ3v) is 3.07. The summed E-state index contributed by atoms with van der Waals surface area (Å²) in [7, 11) is 0. The Morgan fingerprint density at radius 1 is 1.40 bits per heavy atom. The van der Waals surface area contributed by atoms with Gasteiger partial charge in [0.05, 0.1) is 18.8 Å². The van der Waals surface area contributed by atoms with Crippen molar-refractivity contribution in [1.29, 1.82) is 0 Å². The summed E-state index contributed by atoms with van der Waals surface area (Å²) in [5.74, 6) is 0. The number of carbonyl (C=O) groups is 1. The number of ether oxygens (including phenoxy) is 1. The minimum Gasteiger partial charge on any atom is -0.444 e. The highest BCUT2D eigenvalue weighted by atomic mass is 16.6. The molecule has 1 N–H and O–H groups in total. The molecule has 1 aliphatic heterocycles. The molecule has 0 fully saturated rings. The third kappa shape index (κ3) is 3.72. The van der Waals surface area contributed by atoms with Crippen molar-refractivity contribution in [2.75, 3.05) is 6.61 Å². The molecule has 0 unspecified atom stereocenters. The van der Waals surface area contributed by atoms with Crippen molar-refractivity contribution in [2.45, 2.75) is 58.8 Å². The summed E-state index contributed by atoms with van der Waals surface area (Å²) in [4.78, 5) is 13.6. The number of nitrogens with zero attached hydrogens (tertiary/aromatic N) is 3. The normalized spacial score (nSPS) is 14.5. The molecule has 1 aromatic rings. The van der Waals surface area contributed by atoms with Crippen LogP contribution in [0.2, 0.25) is 0 Å². The van der Waals surface area contributed by atoms with Crippen LogP contribution in [0.1, 0.15) is 44.9 Å². The Balaban J connectivity index is 1.89. The number of hydrogen-bond acceptors (Lipinski definition) is 4. The van der Waals surface area contributed by atoms with E-state index in [0.29, 0.717) is 13.1 Å². The van der Waals surface area contributed by atoms with Gasteiger partial charge in [0, 0.05) is 24.9 Å². The van der Waals surface area contributed by atoms with Gasteiger partial charge in [-0.15, -0.1) is 0 Å². The molecule has 2 rings (SSSR count). The van der Waals surface area contributed by atoms with Crippen molar-refractivity contribution in [2.24, 2.45) is 0 Å². The van der Waals surface area contributed by atoms with Crippen molar-refractivity contribution in [3.63, 3.8) is 0 Å². The summed E-state index contributed by atoms with van der Waals surface area (Å²) in [6, 6.07) is 0. The van der Waals surface area contributed by atoms with Crippen molar-refractivity contribution in [3.05, 3.63) is 17.5 Å². The lowest BCUT2D eigenvalue weighted by Crippen LogP contribution is -2.33. The minimum absolute atomic E-state index is 0.216. The van der Waals surface area contributed by atoms with E-state index in [0.717, 1.165) is 30.6 Å². The molecule has 1 aromatic heterocycles. The Labute approximate surface area is 119 Å². The summed E-state index contributed by atoms with van der Waals surface area (Å²) >= 11 is 0. The molecule has 0 aromatic carbocycles. The first-order valence-electron chi connectivity index (χ1n) is 7.03. The molecule has 6 heteroatoms. The van der Waals surface area contributed by atoms with Gasteiger partial charge in [-0.05, 0) is 33.6 Å². The lowest BCUT2D eigenvalue weighted by Gasteiger charge is -2.24. The molecule has 20 heavy (non-hydrogen) atoms. The third-order valence-electron chi connectivity index (χ3n) is 3.07. The fourth-order valence-corrected chi connectivity index (χ4v) is 2.17. The number of aliphatic hydroxyl groups is 1. The number of carbonyl (C=O) groups excluding carboxylic acids is 1. The van der Waals surface area contributed by atoms with E-state index in [1.165, 1.54) is 0 Å². The van der Waals surface area contributed by atoms with Crippen LogP contribution in [0.15, 0.2) is 6.20 Å². The molecule has 0 saturated heterocycles. The summed E-state index contributed by atoms with van der Waals surface area (Å²) in [6.07, 6.45) is 3.39. The van der Waals surface area contributed by atoms with E-state index < -0.39 is 5.60 Å². The standard InChI is InChI=1S/C14H23N3O3/c1-14(2,3)20-13(19)16-8-11-9-17(6-4-5-7-18)15-12(11)10-16/h9,18H,4-8,10H2,1-3H3. The average molecular weight is 281 g/mol. The fourth-order valence-electron chi connectivity index (χ4n) is 2.17. The Morgan fingerprint density at radius 3 is 2.75 bits per heavy atom. The predicted molar refractivity (Wildman–Crippen MR) is 74.0 cm³/mol. The number of hydrogen-bond donors (Lipinski definition) is 1. The summed E-state index contributed by atoms with van der Waals surface area (Å²) in [6.45, 7) is 7.68. The van der Waals surface area contributed by atoms with Gasteiger partial charge in [-0.25, -0.2) is 4.79 Å². The molecule has 1 aliphatic rings. The highest BCUT2D eigenvalue weighted by molar-refractivity contribution is 5.69. The van der Waals surface area contributed by atoms with Crippen LogP contribution in [0.25, 0.3) is 0 Å². The predicted octanol–water partition coefficient (Wildman–Crippen LogP) is 1.91. The van der Waals surface area contributed by atoms with Crippen LogP contribution < -0.4 is 0 Å². The van der Waals surface area contributed by atoms with Crippen molar-refractivity contribution < 1.29 is 14.6 Å². The maximum Gasteiger partial charge on any atom is 0.410 e. The monoisotopic (exact) mass is 281 g/mol. The van der Waals surface area contributed by atoms with E-state index in [4.69, 9.17) is 9.84 Å². The lowest BCUT2D eigenvalue weighted by atomic mass is 10.2. The maximum absolute atomic E-state index is 12.0. The quantitative estimate of drug-likeness (QED) is 0.856. The Kier molecular flexibility index (Phi) is 4.32. The van der Waals surface area contributed by atoms with E-state index in [9.17, 15) is 4.79 Å². The maximum atomic E-state index is 12.0. The minimum atomic E-state index is -0.471. The average Bonchev–Trinajstić information content (AvgIpc) is 2.84. The highest BCUT2D eigenvalue weighted by Gasteiger charge is 2.29. The van der Waals surface area contributed by atoms with Gasteiger partial charge >= 0.3 is 6.09 Å². The Bertz CT molecular complexity index is 453. The van der Waals surface area contributed by atoms with Crippen LogP contribution in [0.4, 0.5) is 4.79 Å². The number of aryl methyl sites for hydroxylation is 1. The zero-order valence-corrected chi connectivity index (χ0v) is 12.4. The number of aliphatic hydroxyl groups excluding tert-OH is 1. The van der Waals surface area contributed by atoms with Crippen LogP contribution in [-0.2, 0) is 24.4 Å². The number of unbranched alkanes of at least 4 members (excludes halogenated alkanes) is 1. The van der Waals surface area contributed by atoms with Crippen LogP contribution in [0, 0.1) is 0 Å². The van der Waals surface area contributed by atoms with Gasteiger partial charge in [0.15, 0.2) is 0 Å². The first kappa shape index (κ1) is 14.8. The molecule has 0 atom stereocenters. The van der Waals surface area contributed by atoms with E-state index >= 15 is 0 Å². The SMILES string of the molecule is CC(C)(C)OC(=O)N1Cc2cn(CCCCO)nc2C1. The summed E-state index contributed by atoms with van der Waals surface area (Å²) < 4.78 is 7.25. The fraction of sp³-hybridized carbons (Fsp3) is 0.714. The molecular weight excluding hydrogens is 258 g/mol. The Hall–Kier alpha value is -1.56. The topological polar surface area (TPSA) is 67.6 Å². The molecule has 0 aliphatic carbocycles. The van der Waals surface area contributed by atoms with E-state index in [-0.39, 0.29) is 12.7 Å². The second kappa shape index (κ2) is 5.83. The molecule has 112 valence electrons. The molecular formula is C14H23N3O3. The largest absolute Gasteiger partial charge is 0.444 e. The zero-order valence-electron chi connectivity index (χ0n) is 12.4. The van der Waals surface area contributed by atoms with Gasteiger partial charge in [-0.1, -0.05) is 0 Å². The van der Waals surface area contributed by atoms with Gasteiger partial charge in [0.25, 0.3) is 0 Å². The second-order valence-electron chi connectivity index (χ2n) is 6.13. The Morgan fingerprint density at radius 2 is 2.15 bits per heavy atom. The van der Waals surface area contributed by atoms with Gasteiger partial charge in [0.1, 0.15) is 5.60 Å². The van der Waals surface area contributed by atoms with Crippen molar-refractivity contribution >= 4 is 6.09 Å². The second-order valence-corrected chi connectivity index (χ2v) is 6.13. The number of aromatic nitrogens is 2. The van der Waals surface area contributed by atoms with E-state index in [1.54, 1.807) is 4.90 Å². The van der Waals surface area contributed by atoms with Crippen LogP contribution in [0.3, 0.4) is 0 Å². The van der Waals surface area contributed by atoms with Gasteiger partial charge < -0.3 is 9.84 Å². The first-order chi connectivity index (χ1) is 9.39. The first-order valence-corrected chi connectivity index (χ1v) is 7.03. The van der Waals surface area contributed by atoms with Gasteiger partial charge in [-0.3, -0.25) is 9.58 Å². The lowest BCUT2D eigenvalue weighted by molar-refractivity contribution is 0.0239. The summed E-state index contributed by atoms with van der Waals surface area (Å²) in [5, 5.41) is 13.2. The zero-order chi connectivity index (χ0) is 14.8. The molecule has 0 radical (unpaired) electrons. The number of rotatable bonds is 4. The van der Waals surface area contributed by atoms with Crippen LogP contribution in [-0.4, -0.2) is 38.1 Å². The van der Waals surface area contributed by atoms with Crippen LogP contribution in [0.5, 0.6) is 0 Å². The highest BCUT2D eigenvalue weighted by Crippen LogP contribution is 2.23. The van der Waals surface area contributed by atoms with E-state index in [1.807, 2.05) is 31.6 Å². The molecule has 0 bridgehead atoms. The molecule has 0 spiro atoms. The van der Waals surface area contributed by atoms with E-state index in [2.05, 4.69) is 5.10 Å². The van der Waals surface area contributed by atoms with Gasteiger partial charge in [0.2, 0.25) is 0 Å². The molecule has 6 nitrogen and oxygen atoms in total. The number of fused-ring (bicyclic) bond motifs is 1. The van der Waals surface area contributed by atoms with Crippen molar-refractivity contribution in [1.82, 2.24) is 14.7 Å². The van der Waals surface area contributed by atoms with Gasteiger partial charge in [-0.2, -0.15) is 5.10 Å². The smallest absolute Gasteiger partial charge is 0.410 e. The number of amides is 1. The molecule has 2 heterocycles. The molecule has 0 saturated carbocycles. The van der Waals surface area contributed by atoms with Crippen molar-refractivity contribution in [3.8, 4) is 0 Å².